The second kappa shape index (κ2) is 4.34. The molecule has 0 spiro atoms. The molecule has 12 heavy (non-hydrogen) atoms. The van der Waals surface area contributed by atoms with Gasteiger partial charge >= 0.3 is 0 Å². The summed E-state index contributed by atoms with van der Waals surface area (Å²) in [5, 5.41) is 11.1. The molecule has 0 aliphatic rings. The van der Waals surface area contributed by atoms with Crippen LogP contribution < -0.4 is 0 Å². The number of benzene rings is 1. The van der Waals surface area contributed by atoms with Gasteiger partial charge in [0.05, 0.1) is 0 Å². The average molecular weight is 161 g/mol. The van der Waals surface area contributed by atoms with Crippen molar-refractivity contribution in [2.24, 2.45) is 5.16 Å². The molecule has 1 aromatic rings. The van der Waals surface area contributed by atoms with Crippen molar-refractivity contribution in [2.75, 3.05) is 0 Å². The molecule has 0 saturated carbocycles. The number of oxime groups is 1. The van der Waals surface area contributed by atoms with Gasteiger partial charge in [0, 0.05) is 12.6 Å². The molecule has 0 amide bonds. The van der Waals surface area contributed by atoms with Crippen LogP contribution in [0.4, 0.5) is 0 Å². The summed E-state index contributed by atoms with van der Waals surface area (Å²) in [7, 11) is 0. The van der Waals surface area contributed by atoms with E-state index in [1.165, 1.54) is 6.21 Å². The van der Waals surface area contributed by atoms with Gasteiger partial charge in [-0.3, -0.25) is 0 Å². The molecule has 0 atom stereocenters. The van der Waals surface area contributed by atoms with Crippen LogP contribution in [0.3, 0.4) is 0 Å². The first-order chi connectivity index (χ1) is 5.84. The Morgan fingerprint density at radius 3 is 2.67 bits per heavy atom. The Labute approximate surface area is 71.8 Å². The zero-order valence-electron chi connectivity index (χ0n) is 6.77. The molecule has 0 bridgehead atoms. The number of hydrogen-bond donors (Lipinski definition) is 1. The van der Waals surface area contributed by atoms with E-state index in [1.807, 2.05) is 30.3 Å². The monoisotopic (exact) mass is 161 g/mol. The van der Waals surface area contributed by atoms with Crippen LogP contribution in [-0.2, 0) is 0 Å². The Bertz CT molecular complexity index is 277. The van der Waals surface area contributed by atoms with Gasteiger partial charge in [-0.05, 0) is 11.1 Å². The Morgan fingerprint density at radius 1 is 1.42 bits per heavy atom. The zero-order valence-corrected chi connectivity index (χ0v) is 6.77. The fourth-order valence-corrected chi connectivity index (χ4v) is 0.943. The number of hydrogen-bond acceptors (Lipinski definition) is 2. The minimum Gasteiger partial charge on any atom is -0.411 e. The Hall–Kier alpha value is -1.57. The van der Waals surface area contributed by atoms with Gasteiger partial charge in [-0.2, -0.15) is 0 Å². The Balaban J connectivity index is 2.66. The fraction of sp³-hybridized carbons (Fsp3) is 0.100. The first-order valence-corrected chi connectivity index (χ1v) is 3.73. The van der Waals surface area contributed by atoms with Crippen molar-refractivity contribution < 1.29 is 5.21 Å². The van der Waals surface area contributed by atoms with Crippen LogP contribution in [-0.4, -0.2) is 11.4 Å². The maximum atomic E-state index is 8.19. The van der Waals surface area contributed by atoms with E-state index < -0.39 is 0 Å². The predicted molar refractivity (Wildman–Crippen MR) is 50.4 cm³/mol. The number of rotatable bonds is 3. The highest BCUT2D eigenvalue weighted by Crippen LogP contribution is 2.13. The Kier molecular flexibility index (Phi) is 3.08. The second-order valence-corrected chi connectivity index (χ2v) is 2.47. The number of nitrogens with zero attached hydrogens (tertiary/aromatic N) is 1. The van der Waals surface area contributed by atoms with Gasteiger partial charge in [-0.15, -0.1) is 5.16 Å². The van der Waals surface area contributed by atoms with Crippen molar-refractivity contribution in [2.45, 2.75) is 6.42 Å². The van der Waals surface area contributed by atoms with E-state index in [2.05, 4.69) is 11.7 Å². The van der Waals surface area contributed by atoms with Crippen molar-refractivity contribution in [3.8, 4) is 0 Å². The van der Waals surface area contributed by atoms with E-state index >= 15 is 0 Å². The van der Waals surface area contributed by atoms with E-state index in [1.54, 1.807) is 0 Å². The molecule has 0 aliphatic heterocycles. The van der Waals surface area contributed by atoms with Crippen molar-refractivity contribution >= 4 is 11.8 Å². The maximum Gasteiger partial charge on any atom is 0.0479 e. The molecule has 0 aliphatic carbocycles. The summed E-state index contributed by atoms with van der Waals surface area (Å²) in [6.45, 7) is 3.86. The van der Waals surface area contributed by atoms with Gasteiger partial charge in [0.2, 0.25) is 0 Å². The largest absolute Gasteiger partial charge is 0.411 e. The SMILES string of the molecule is C=C(CC=NO)c1ccccc1. The van der Waals surface area contributed by atoms with Crippen molar-refractivity contribution in [1.29, 1.82) is 0 Å². The zero-order chi connectivity index (χ0) is 8.81. The van der Waals surface area contributed by atoms with Crippen molar-refractivity contribution in [3.63, 3.8) is 0 Å². The quantitative estimate of drug-likeness (QED) is 0.412. The van der Waals surface area contributed by atoms with E-state index in [4.69, 9.17) is 5.21 Å². The second-order valence-electron chi connectivity index (χ2n) is 2.47. The molecule has 1 N–H and O–H groups in total. The first kappa shape index (κ1) is 8.53. The van der Waals surface area contributed by atoms with Crippen molar-refractivity contribution in [3.05, 3.63) is 42.5 Å². The molecule has 62 valence electrons. The topological polar surface area (TPSA) is 32.6 Å². The highest BCUT2D eigenvalue weighted by Gasteiger charge is 1.94. The molecule has 0 radical (unpaired) electrons. The summed E-state index contributed by atoms with van der Waals surface area (Å²) in [5.74, 6) is 0. The maximum absolute atomic E-state index is 8.19. The summed E-state index contributed by atoms with van der Waals surface area (Å²) >= 11 is 0. The molecule has 0 fully saturated rings. The lowest BCUT2D eigenvalue weighted by Gasteiger charge is -1.99. The van der Waals surface area contributed by atoms with E-state index in [0.717, 1.165) is 11.1 Å². The lowest BCUT2D eigenvalue weighted by Crippen LogP contribution is -1.82. The van der Waals surface area contributed by atoms with Crippen LogP contribution in [0, 0.1) is 0 Å². The predicted octanol–water partition coefficient (Wildman–Crippen LogP) is 2.55. The molecule has 0 unspecified atom stereocenters. The van der Waals surface area contributed by atoms with Gasteiger partial charge in [-0.25, -0.2) is 0 Å². The van der Waals surface area contributed by atoms with Crippen LogP contribution in [0.25, 0.3) is 5.57 Å². The lowest BCUT2D eigenvalue weighted by atomic mass is 10.1. The van der Waals surface area contributed by atoms with Gasteiger partial charge in [0.1, 0.15) is 0 Å². The van der Waals surface area contributed by atoms with Gasteiger partial charge in [-0.1, -0.05) is 36.9 Å². The molecule has 2 nitrogen and oxygen atoms in total. The van der Waals surface area contributed by atoms with Gasteiger partial charge in [0.15, 0.2) is 0 Å². The molecule has 0 aromatic heterocycles. The summed E-state index contributed by atoms with van der Waals surface area (Å²) in [6.07, 6.45) is 2.01. The van der Waals surface area contributed by atoms with Crippen LogP contribution in [0.2, 0.25) is 0 Å². The molecule has 2 heteroatoms. The molecule has 1 aromatic carbocycles. The molecule has 0 saturated heterocycles. The summed E-state index contributed by atoms with van der Waals surface area (Å²) in [6, 6.07) is 9.82. The number of allylic oxidation sites excluding steroid dienone is 1. The van der Waals surface area contributed by atoms with Crippen LogP contribution in [0.1, 0.15) is 12.0 Å². The summed E-state index contributed by atoms with van der Waals surface area (Å²) < 4.78 is 0. The van der Waals surface area contributed by atoms with Crippen LogP contribution in [0.15, 0.2) is 42.1 Å². The van der Waals surface area contributed by atoms with E-state index in [-0.39, 0.29) is 0 Å². The summed E-state index contributed by atoms with van der Waals surface area (Å²) in [4.78, 5) is 0. The van der Waals surface area contributed by atoms with Crippen LogP contribution in [0.5, 0.6) is 0 Å². The first-order valence-electron chi connectivity index (χ1n) is 3.73. The van der Waals surface area contributed by atoms with Gasteiger partial charge < -0.3 is 5.21 Å². The smallest absolute Gasteiger partial charge is 0.0479 e. The third kappa shape index (κ3) is 2.23. The third-order valence-corrected chi connectivity index (χ3v) is 1.60. The average Bonchev–Trinajstić information content (AvgIpc) is 2.15. The molecule has 0 heterocycles. The Morgan fingerprint density at radius 2 is 2.08 bits per heavy atom. The molecular formula is C10H11NO. The highest BCUT2D eigenvalue weighted by molar-refractivity contribution is 5.77. The van der Waals surface area contributed by atoms with Crippen molar-refractivity contribution in [1.82, 2.24) is 0 Å². The molecular weight excluding hydrogens is 150 g/mol. The van der Waals surface area contributed by atoms with Gasteiger partial charge in [0.25, 0.3) is 0 Å². The van der Waals surface area contributed by atoms with Crippen LogP contribution >= 0.6 is 0 Å². The van der Waals surface area contributed by atoms with E-state index in [0.29, 0.717) is 6.42 Å². The fourth-order valence-electron chi connectivity index (χ4n) is 0.943. The lowest BCUT2D eigenvalue weighted by molar-refractivity contribution is 0.321. The molecule has 1 rings (SSSR count). The van der Waals surface area contributed by atoms with E-state index in [9.17, 15) is 0 Å². The minimum atomic E-state index is 0.584. The normalized spacial score (nSPS) is 10.3. The third-order valence-electron chi connectivity index (χ3n) is 1.60. The highest BCUT2D eigenvalue weighted by atomic mass is 16.4. The minimum absolute atomic E-state index is 0.584. The standard InChI is InChI=1S/C10H11NO/c1-9(7-8-11-12)10-5-3-2-4-6-10/h2-6,8,12H,1,7H2. The summed E-state index contributed by atoms with van der Waals surface area (Å²) in [5.41, 5.74) is 2.03.